The number of hydrogen-bond acceptors (Lipinski definition) is 2. The summed E-state index contributed by atoms with van der Waals surface area (Å²) in [6.07, 6.45) is 0.0732. The molecule has 5 heteroatoms. The van der Waals surface area contributed by atoms with E-state index in [1.165, 1.54) is 0 Å². The molecule has 3 nitrogen and oxygen atoms in total. The fourth-order valence-electron chi connectivity index (χ4n) is 1.75. The Bertz CT molecular complexity index is 658. The normalized spacial score (nSPS) is 10.5. The number of para-hydroxylation sites is 1. The standard InChI is InChI=1S/C16H15BrClNO2/c1-10(2)21-15-8-7-11(9-12(15)17)16(20)19-14-6-4-3-5-13(14)18/h3-10H,1-2H3,(H,19,20). The summed E-state index contributed by atoms with van der Waals surface area (Å²) in [5, 5.41) is 3.29. The average molecular weight is 369 g/mol. The predicted molar refractivity (Wildman–Crippen MR) is 89.3 cm³/mol. The van der Waals surface area contributed by atoms with Gasteiger partial charge in [-0.15, -0.1) is 0 Å². The number of amides is 1. The third kappa shape index (κ3) is 4.22. The topological polar surface area (TPSA) is 38.3 Å². The first-order valence-electron chi connectivity index (χ1n) is 6.49. The van der Waals surface area contributed by atoms with Crippen LogP contribution in [-0.4, -0.2) is 12.0 Å². The van der Waals surface area contributed by atoms with E-state index in [2.05, 4.69) is 21.2 Å². The molecule has 0 spiro atoms. The van der Waals surface area contributed by atoms with E-state index < -0.39 is 0 Å². The van der Waals surface area contributed by atoms with Gasteiger partial charge in [-0.2, -0.15) is 0 Å². The van der Waals surface area contributed by atoms with Crippen LogP contribution in [0.1, 0.15) is 24.2 Å². The SMILES string of the molecule is CC(C)Oc1ccc(C(=O)Nc2ccccc2Cl)cc1Br. The predicted octanol–water partition coefficient (Wildman–Crippen LogP) is 5.14. The third-order valence-electron chi connectivity index (χ3n) is 2.68. The lowest BCUT2D eigenvalue weighted by Crippen LogP contribution is -2.12. The van der Waals surface area contributed by atoms with Gasteiger partial charge in [-0.05, 0) is 60.1 Å². The van der Waals surface area contributed by atoms with Crippen LogP contribution in [-0.2, 0) is 0 Å². The summed E-state index contributed by atoms with van der Waals surface area (Å²) in [5.74, 6) is 0.485. The minimum absolute atomic E-state index is 0.0732. The van der Waals surface area contributed by atoms with Gasteiger partial charge in [0.15, 0.2) is 0 Å². The summed E-state index contributed by atoms with van der Waals surface area (Å²) in [6, 6.07) is 12.3. The van der Waals surface area contributed by atoms with Crippen LogP contribution in [0.5, 0.6) is 5.75 Å². The van der Waals surface area contributed by atoms with Gasteiger partial charge in [0.2, 0.25) is 0 Å². The molecule has 0 saturated heterocycles. The molecule has 110 valence electrons. The lowest BCUT2D eigenvalue weighted by Gasteiger charge is -2.12. The van der Waals surface area contributed by atoms with Crippen LogP contribution >= 0.6 is 27.5 Å². The summed E-state index contributed by atoms with van der Waals surface area (Å²) in [7, 11) is 0. The first kappa shape index (κ1) is 15.9. The van der Waals surface area contributed by atoms with Crippen LogP contribution in [0.4, 0.5) is 5.69 Å². The highest BCUT2D eigenvalue weighted by atomic mass is 79.9. The molecule has 0 aliphatic carbocycles. The van der Waals surface area contributed by atoms with Crippen molar-refractivity contribution >= 4 is 39.1 Å². The number of anilines is 1. The number of halogens is 2. The van der Waals surface area contributed by atoms with Gasteiger partial charge in [-0.3, -0.25) is 4.79 Å². The summed E-state index contributed by atoms with van der Waals surface area (Å²) < 4.78 is 6.36. The van der Waals surface area contributed by atoms with E-state index in [-0.39, 0.29) is 12.0 Å². The first-order chi connectivity index (χ1) is 9.97. The highest BCUT2D eigenvalue weighted by molar-refractivity contribution is 9.10. The van der Waals surface area contributed by atoms with Crippen molar-refractivity contribution in [1.29, 1.82) is 0 Å². The minimum Gasteiger partial charge on any atom is -0.490 e. The Kier molecular flexibility index (Phi) is 5.26. The average Bonchev–Trinajstić information content (AvgIpc) is 2.43. The van der Waals surface area contributed by atoms with Crippen molar-refractivity contribution in [3.63, 3.8) is 0 Å². The molecule has 1 amide bonds. The minimum atomic E-state index is -0.222. The molecule has 1 N–H and O–H groups in total. The van der Waals surface area contributed by atoms with E-state index >= 15 is 0 Å². The van der Waals surface area contributed by atoms with Gasteiger partial charge < -0.3 is 10.1 Å². The quantitative estimate of drug-likeness (QED) is 0.811. The van der Waals surface area contributed by atoms with Crippen molar-refractivity contribution in [1.82, 2.24) is 0 Å². The molecule has 2 aromatic rings. The number of rotatable bonds is 4. The highest BCUT2D eigenvalue weighted by Crippen LogP contribution is 2.28. The lowest BCUT2D eigenvalue weighted by molar-refractivity contribution is 0.102. The molecular formula is C16H15BrClNO2. The lowest BCUT2D eigenvalue weighted by atomic mass is 10.2. The van der Waals surface area contributed by atoms with Crippen molar-refractivity contribution in [2.45, 2.75) is 20.0 Å². The van der Waals surface area contributed by atoms with Crippen molar-refractivity contribution < 1.29 is 9.53 Å². The zero-order valence-corrected chi connectivity index (χ0v) is 14.0. The maximum absolute atomic E-state index is 12.2. The van der Waals surface area contributed by atoms with Crippen LogP contribution in [0.3, 0.4) is 0 Å². The molecule has 0 aliphatic heterocycles. The summed E-state index contributed by atoms with van der Waals surface area (Å²) in [4.78, 5) is 12.2. The Labute approximate surface area is 137 Å². The van der Waals surface area contributed by atoms with Crippen molar-refractivity contribution in [2.24, 2.45) is 0 Å². The van der Waals surface area contributed by atoms with Crippen molar-refractivity contribution in [3.05, 3.63) is 57.5 Å². The number of carbonyl (C=O) groups excluding carboxylic acids is 1. The molecule has 0 bridgehead atoms. The number of carbonyl (C=O) groups is 1. The zero-order valence-electron chi connectivity index (χ0n) is 11.7. The summed E-state index contributed by atoms with van der Waals surface area (Å²) in [5.41, 5.74) is 1.11. The first-order valence-corrected chi connectivity index (χ1v) is 7.66. The van der Waals surface area contributed by atoms with Gasteiger partial charge in [0, 0.05) is 5.56 Å². The van der Waals surface area contributed by atoms with E-state index in [4.69, 9.17) is 16.3 Å². The number of benzene rings is 2. The monoisotopic (exact) mass is 367 g/mol. The Hall–Kier alpha value is -1.52. The second kappa shape index (κ2) is 6.96. The third-order valence-corrected chi connectivity index (χ3v) is 3.63. The van der Waals surface area contributed by atoms with Crippen LogP contribution in [0, 0.1) is 0 Å². The largest absolute Gasteiger partial charge is 0.490 e. The maximum atomic E-state index is 12.2. The second-order valence-electron chi connectivity index (χ2n) is 4.75. The van der Waals surface area contributed by atoms with E-state index in [1.54, 1.807) is 30.3 Å². The van der Waals surface area contributed by atoms with E-state index in [9.17, 15) is 4.79 Å². The molecule has 0 aliphatic rings. The molecule has 0 heterocycles. The molecule has 0 atom stereocenters. The van der Waals surface area contributed by atoms with Crippen molar-refractivity contribution in [2.75, 3.05) is 5.32 Å². The highest BCUT2D eigenvalue weighted by Gasteiger charge is 2.11. The van der Waals surface area contributed by atoms with E-state index in [0.29, 0.717) is 22.0 Å². The fraction of sp³-hybridized carbons (Fsp3) is 0.188. The van der Waals surface area contributed by atoms with E-state index in [1.807, 2.05) is 26.0 Å². The number of nitrogens with one attached hydrogen (secondary N) is 1. The summed E-state index contributed by atoms with van der Waals surface area (Å²) >= 11 is 9.44. The van der Waals surface area contributed by atoms with Crippen LogP contribution in [0.2, 0.25) is 5.02 Å². The van der Waals surface area contributed by atoms with Crippen molar-refractivity contribution in [3.8, 4) is 5.75 Å². The molecule has 21 heavy (non-hydrogen) atoms. The van der Waals surface area contributed by atoms with Crippen LogP contribution in [0.25, 0.3) is 0 Å². The van der Waals surface area contributed by atoms with Crippen LogP contribution in [0.15, 0.2) is 46.9 Å². The summed E-state index contributed by atoms with van der Waals surface area (Å²) in [6.45, 7) is 3.90. The van der Waals surface area contributed by atoms with Crippen LogP contribution < -0.4 is 10.1 Å². The van der Waals surface area contributed by atoms with Gasteiger partial charge >= 0.3 is 0 Å². The molecular weight excluding hydrogens is 354 g/mol. The van der Waals surface area contributed by atoms with Gasteiger partial charge in [0.25, 0.3) is 5.91 Å². The smallest absolute Gasteiger partial charge is 0.255 e. The molecule has 2 rings (SSSR count). The Morgan fingerprint density at radius 2 is 1.95 bits per heavy atom. The van der Waals surface area contributed by atoms with Gasteiger partial charge in [0.1, 0.15) is 5.75 Å². The fourth-order valence-corrected chi connectivity index (χ4v) is 2.40. The molecule has 0 aromatic heterocycles. The molecule has 0 fully saturated rings. The molecule has 0 saturated carbocycles. The molecule has 2 aromatic carbocycles. The van der Waals surface area contributed by atoms with Gasteiger partial charge in [-0.1, -0.05) is 23.7 Å². The van der Waals surface area contributed by atoms with Gasteiger partial charge in [0.05, 0.1) is 21.3 Å². The second-order valence-corrected chi connectivity index (χ2v) is 6.01. The molecule has 0 unspecified atom stereocenters. The van der Waals surface area contributed by atoms with E-state index in [0.717, 1.165) is 4.47 Å². The Morgan fingerprint density at radius 1 is 1.24 bits per heavy atom. The Morgan fingerprint density at radius 3 is 2.57 bits per heavy atom. The number of hydrogen-bond donors (Lipinski definition) is 1. The zero-order chi connectivity index (χ0) is 15.4. The molecule has 0 radical (unpaired) electrons. The number of ether oxygens (including phenoxy) is 1. The maximum Gasteiger partial charge on any atom is 0.255 e. The van der Waals surface area contributed by atoms with Gasteiger partial charge in [-0.25, -0.2) is 0 Å². The Balaban J connectivity index is 2.17.